The fourth-order valence-corrected chi connectivity index (χ4v) is 5.22. The quantitative estimate of drug-likeness (QED) is 0.583. The van der Waals surface area contributed by atoms with Crippen molar-refractivity contribution in [2.75, 3.05) is 6.54 Å². The lowest BCUT2D eigenvalue weighted by atomic mass is 10.1. The number of carbonyl (C=O) groups excluding carboxylic acids is 3. The van der Waals surface area contributed by atoms with Crippen molar-refractivity contribution in [3.63, 3.8) is 0 Å². The van der Waals surface area contributed by atoms with E-state index in [1.807, 2.05) is 13.8 Å². The Labute approximate surface area is 198 Å². The van der Waals surface area contributed by atoms with E-state index in [2.05, 4.69) is 5.32 Å². The normalized spacial score (nSPS) is 16.0. The summed E-state index contributed by atoms with van der Waals surface area (Å²) < 4.78 is 40.5. The smallest absolute Gasteiger partial charge is 0.269 e. The molecule has 2 atom stereocenters. The van der Waals surface area contributed by atoms with Gasteiger partial charge in [0.1, 0.15) is 16.8 Å². The standard InChI is InChI=1S/C24H28FN3O5S/c1-4-16(2)26-23(30)17(3)27(15-18-9-5-7-11-20(18)25)22(29)13-14-28-24(31)19-10-6-8-12-21(19)34(28,32)33/h5-12,16-17H,4,13-15H2,1-3H3,(H,26,30)/t16-,17-/m0/s1. The number of amides is 3. The van der Waals surface area contributed by atoms with Gasteiger partial charge in [0, 0.05) is 31.1 Å². The molecule has 3 amide bonds. The lowest BCUT2D eigenvalue weighted by Gasteiger charge is -2.30. The first-order chi connectivity index (χ1) is 16.1. The molecule has 0 fully saturated rings. The SMILES string of the molecule is CC[C@H](C)NC(=O)[C@H](C)N(Cc1ccccc1F)C(=O)CCN1C(=O)c2ccccc2S1(=O)=O. The Morgan fingerprint density at radius 3 is 2.38 bits per heavy atom. The van der Waals surface area contributed by atoms with E-state index in [0.29, 0.717) is 10.7 Å². The Hall–Kier alpha value is -3.27. The van der Waals surface area contributed by atoms with Crippen molar-refractivity contribution in [1.82, 2.24) is 14.5 Å². The van der Waals surface area contributed by atoms with E-state index in [4.69, 9.17) is 0 Å². The Kier molecular flexibility index (Phi) is 7.71. The van der Waals surface area contributed by atoms with Crippen LogP contribution in [0.4, 0.5) is 4.39 Å². The van der Waals surface area contributed by atoms with Crippen molar-refractivity contribution in [3.05, 3.63) is 65.5 Å². The maximum Gasteiger partial charge on any atom is 0.269 e. The number of hydrogen-bond donors (Lipinski definition) is 1. The first-order valence-electron chi connectivity index (χ1n) is 11.1. The molecule has 10 heteroatoms. The van der Waals surface area contributed by atoms with Gasteiger partial charge in [-0.05, 0) is 38.5 Å². The fraction of sp³-hybridized carbons (Fsp3) is 0.375. The van der Waals surface area contributed by atoms with E-state index >= 15 is 0 Å². The first kappa shape index (κ1) is 25.4. The van der Waals surface area contributed by atoms with Crippen LogP contribution in [0, 0.1) is 5.82 Å². The van der Waals surface area contributed by atoms with E-state index in [0.717, 1.165) is 0 Å². The van der Waals surface area contributed by atoms with Gasteiger partial charge in [-0.15, -0.1) is 0 Å². The summed E-state index contributed by atoms with van der Waals surface area (Å²) in [6, 6.07) is 10.7. The van der Waals surface area contributed by atoms with Crippen LogP contribution in [0.3, 0.4) is 0 Å². The maximum absolute atomic E-state index is 14.3. The second-order valence-corrected chi connectivity index (χ2v) is 10.1. The van der Waals surface area contributed by atoms with Crippen LogP contribution in [0.5, 0.6) is 0 Å². The zero-order valence-corrected chi connectivity index (χ0v) is 20.1. The van der Waals surface area contributed by atoms with Gasteiger partial charge in [-0.1, -0.05) is 37.3 Å². The van der Waals surface area contributed by atoms with Crippen LogP contribution in [0.1, 0.15) is 49.5 Å². The number of carbonyl (C=O) groups is 3. The third-order valence-electron chi connectivity index (χ3n) is 5.91. The first-order valence-corrected chi connectivity index (χ1v) is 12.5. The highest BCUT2D eigenvalue weighted by Gasteiger charge is 2.41. The average Bonchev–Trinajstić information content (AvgIpc) is 3.01. The maximum atomic E-state index is 14.3. The van der Waals surface area contributed by atoms with Crippen LogP contribution in [0.25, 0.3) is 0 Å². The van der Waals surface area contributed by atoms with Gasteiger partial charge in [-0.25, -0.2) is 17.1 Å². The van der Waals surface area contributed by atoms with E-state index < -0.39 is 39.6 Å². The summed E-state index contributed by atoms with van der Waals surface area (Å²) in [6.07, 6.45) is 0.337. The predicted octanol–water partition coefficient (Wildman–Crippen LogP) is 2.69. The van der Waals surface area contributed by atoms with Gasteiger partial charge in [0.2, 0.25) is 11.8 Å². The summed E-state index contributed by atoms with van der Waals surface area (Å²) in [5.74, 6) is -2.21. The zero-order valence-electron chi connectivity index (χ0n) is 19.3. The molecule has 0 bridgehead atoms. The molecule has 0 unspecified atom stereocenters. The zero-order chi connectivity index (χ0) is 25.0. The van der Waals surface area contributed by atoms with E-state index in [1.165, 1.54) is 48.2 Å². The molecular formula is C24H28FN3O5S. The molecule has 0 saturated carbocycles. The molecule has 1 aliphatic heterocycles. The van der Waals surface area contributed by atoms with Gasteiger partial charge in [0.05, 0.1) is 5.56 Å². The fourth-order valence-electron chi connectivity index (χ4n) is 3.65. The van der Waals surface area contributed by atoms with Crippen molar-refractivity contribution in [1.29, 1.82) is 0 Å². The second kappa shape index (κ2) is 10.3. The summed E-state index contributed by atoms with van der Waals surface area (Å²) in [5.41, 5.74) is 0.274. The third kappa shape index (κ3) is 5.11. The van der Waals surface area contributed by atoms with Crippen molar-refractivity contribution in [2.24, 2.45) is 0 Å². The number of hydrogen-bond acceptors (Lipinski definition) is 5. The summed E-state index contributed by atoms with van der Waals surface area (Å²) in [6.45, 7) is 4.70. The van der Waals surface area contributed by atoms with Gasteiger partial charge in [0.25, 0.3) is 15.9 Å². The summed E-state index contributed by atoms with van der Waals surface area (Å²) in [7, 11) is -4.06. The molecule has 2 aromatic carbocycles. The average molecular weight is 490 g/mol. The van der Waals surface area contributed by atoms with Crippen LogP contribution >= 0.6 is 0 Å². The van der Waals surface area contributed by atoms with Gasteiger partial charge in [0.15, 0.2) is 0 Å². The molecule has 0 aliphatic carbocycles. The predicted molar refractivity (Wildman–Crippen MR) is 124 cm³/mol. The van der Waals surface area contributed by atoms with Crippen LogP contribution < -0.4 is 5.32 Å². The minimum absolute atomic E-state index is 0.0551. The third-order valence-corrected chi connectivity index (χ3v) is 7.75. The Bertz CT molecular complexity index is 1200. The molecule has 0 spiro atoms. The highest BCUT2D eigenvalue weighted by atomic mass is 32.2. The van der Waals surface area contributed by atoms with Crippen LogP contribution in [-0.2, 0) is 26.2 Å². The molecular weight excluding hydrogens is 461 g/mol. The number of rotatable bonds is 9. The highest BCUT2D eigenvalue weighted by Crippen LogP contribution is 2.30. The molecule has 2 aromatic rings. The number of nitrogens with one attached hydrogen (secondary N) is 1. The molecule has 182 valence electrons. The molecule has 0 saturated heterocycles. The van der Waals surface area contributed by atoms with Gasteiger partial charge < -0.3 is 10.2 Å². The monoisotopic (exact) mass is 489 g/mol. The number of halogens is 1. The molecule has 0 aromatic heterocycles. The molecule has 0 radical (unpaired) electrons. The Morgan fingerprint density at radius 1 is 1.09 bits per heavy atom. The highest BCUT2D eigenvalue weighted by molar-refractivity contribution is 7.90. The van der Waals surface area contributed by atoms with Crippen molar-refractivity contribution >= 4 is 27.7 Å². The lowest BCUT2D eigenvalue weighted by molar-refractivity contribution is -0.141. The van der Waals surface area contributed by atoms with Crippen molar-refractivity contribution < 1.29 is 27.2 Å². The number of benzene rings is 2. The molecule has 1 aliphatic rings. The van der Waals surface area contributed by atoms with Crippen LogP contribution in [-0.4, -0.2) is 54.0 Å². The summed E-state index contributed by atoms with van der Waals surface area (Å²) in [4.78, 5) is 39.7. The minimum atomic E-state index is -4.06. The van der Waals surface area contributed by atoms with Crippen LogP contribution in [0.2, 0.25) is 0 Å². The van der Waals surface area contributed by atoms with E-state index in [-0.39, 0.29) is 41.6 Å². The molecule has 1 heterocycles. The Balaban J connectivity index is 1.80. The second-order valence-electron chi connectivity index (χ2n) is 8.24. The molecule has 34 heavy (non-hydrogen) atoms. The summed E-state index contributed by atoms with van der Waals surface area (Å²) in [5, 5.41) is 2.81. The molecule has 3 rings (SSSR count). The van der Waals surface area contributed by atoms with Gasteiger partial charge in [-0.3, -0.25) is 14.4 Å². The van der Waals surface area contributed by atoms with Crippen molar-refractivity contribution in [2.45, 2.75) is 57.1 Å². The van der Waals surface area contributed by atoms with Gasteiger partial charge >= 0.3 is 0 Å². The van der Waals surface area contributed by atoms with E-state index in [1.54, 1.807) is 12.1 Å². The number of nitrogens with zero attached hydrogens (tertiary/aromatic N) is 2. The number of sulfonamides is 1. The molecule has 8 nitrogen and oxygen atoms in total. The number of fused-ring (bicyclic) bond motifs is 1. The topological polar surface area (TPSA) is 104 Å². The largest absolute Gasteiger partial charge is 0.352 e. The van der Waals surface area contributed by atoms with E-state index in [9.17, 15) is 27.2 Å². The Morgan fingerprint density at radius 2 is 1.74 bits per heavy atom. The minimum Gasteiger partial charge on any atom is -0.352 e. The molecule has 1 N–H and O–H groups in total. The lowest BCUT2D eigenvalue weighted by Crippen LogP contribution is -2.50. The summed E-state index contributed by atoms with van der Waals surface area (Å²) >= 11 is 0. The van der Waals surface area contributed by atoms with Crippen molar-refractivity contribution in [3.8, 4) is 0 Å². The van der Waals surface area contributed by atoms with Gasteiger partial charge in [-0.2, -0.15) is 0 Å². The van der Waals surface area contributed by atoms with Crippen LogP contribution in [0.15, 0.2) is 53.4 Å².